The molecule has 0 saturated heterocycles. The molecule has 0 spiro atoms. The average molecular weight is 397 g/mol. The van der Waals surface area contributed by atoms with Crippen molar-refractivity contribution < 1.29 is 22.7 Å². The van der Waals surface area contributed by atoms with Crippen molar-refractivity contribution >= 4 is 44.9 Å². The van der Waals surface area contributed by atoms with Crippen molar-refractivity contribution in [3.8, 4) is 0 Å². The molecule has 0 fully saturated rings. The van der Waals surface area contributed by atoms with E-state index in [0.29, 0.717) is 0 Å². The molecule has 0 aliphatic carbocycles. The predicted molar refractivity (Wildman–Crippen MR) is 100 cm³/mol. The van der Waals surface area contributed by atoms with Gasteiger partial charge in [-0.05, 0) is 24.3 Å². The molecule has 2 rings (SSSR count). The Morgan fingerprint density at radius 2 is 1.73 bits per heavy atom. The van der Waals surface area contributed by atoms with E-state index in [1.165, 1.54) is 31.4 Å². The lowest BCUT2D eigenvalue weighted by molar-refractivity contribution is -0.114. The number of amides is 1. The van der Waals surface area contributed by atoms with Crippen LogP contribution in [0, 0.1) is 0 Å². The van der Waals surface area contributed by atoms with Crippen LogP contribution in [0.1, 0.15) is 10.4 Å². The van der Waals surface area contributed by atoms with Gasteiger partial charge < -0.3 is 10.1 Å². The molecule has 1 N–H and O–H groups in total. The molecule has 7 nitrogen and oxygen atoms in total. The summed E-state index contributed by atoms with van der Waals surface area (Å²) in [5.74, 6) is -1.25. The van der Waals surface area contributed by atoms with E-state index in [0.717, 1.165) is 10.6 Å². The first-order valence-corrected chi connectivity index (χ1v) is 9.66. The second-order valence-electron chi connectivity index (χ2n) is 5.31. The maximum atomic E-state index is 12.4. The van der Waals surface area contributed by atoms with Crippen LogP contribution in [0.25, 0.3) is 0 Å². The van der Waals surface area contributed by atoms with E-state index < -0.39 is 28.4 Å². The third kappa shape index (κ3) is 4.74. The Kier molecular flexibility index (Phi) is 6.23. The fourth-order valence-corrected chi connectivity index (χ4v) is 3.39. The average Bonchev–Trinajstić information content (AvgIpc) is 2.59. The third-order valence-electron chi connectivity index (χ3n) is 3.42. The molecule has 0 bridgehead atoms. The molecule has 0 radical (unpaired) electrons. The predicted octanol–water partition coefficient (Wildman–Crippen LogP) is 2.53. The second kappa shape index (κ2) is 8.20. The zero-order chi connectivity index (χ0) is 19.3. The summed E-state index contributed by atoms with van der Waals surface area (Å²) in [6.45, 7) is -0.502. The van der Waals surface area contributed by atoms with Crippen LogP contribution >= 0.6 is 11.6 Å². The lowest BCUT2D eigenvalue weighted by Crippen LogP contribution is -2.37. The van der Waals surface area contributed by atoms with E-state index in [1.807, 2.05) is 0 Å². The zero-order valence-electron chi connectivity index (χ0n) is 14.1. The zero-order valence-corrected chi connectivity index (χ0v) is 15.7. The normalized spacial score (nSPS) is 10.9. The molecule has 0 atom stereocenters. The number of sulfonamides is 1. The molecular formula is C17H17ClN2O5S. The first kappa shape index (κ1) is 19.7. The minimum absolute atomic E-state index is 0.159. The van der Waals surface area contributed by atoms with E-state index in [4.69, 9.17) is 11.6 Å². The maximum Gasteiger partial charge on any atom is 0.339 e. The largest absolute Gasteiger partial charge is 0.465 e. The van der Waals surface area contributed by atoms with Gasteiger partial charge in [-0.25, -0.2) is 13.2 Å². The van der Waals surface area contributed by atoms with E-state index in [1.54, 1.807) is 24.3 Å². The number of carbonyl (C=O) groups excluding carboxylic acids is 2. The van der Waals surface area contributed by atoms with Crippen LogP contribution in [0.3, 0.4) is 0 Å². The van der Waals surface area contributed by atoms with Gasteiger partial charge in [0.15, 0.2) is 0 Å². The molecule has 2 aromatic carbocycles. The van der Waals surface area contributed by atoms with Gasteiger partial charge in [-0.1, -0.05) is 35.9 Å². The minimum atomic E-state index is -3.76. The van der Waals surface area contributed by atoms with E-state index in [9.17, 15) is 18.0 Å². The summed E-state index contributed by atoms with van der Waals surface area (Å²) in [6.07, 6.45) is 0.978. The summed E-state index contributed by atoms with van der Waals surface area (Å²) in [4.78, 5) is 24.2. The highest BCUT2D eigenvalue weighted by atomic mass is 35.5. The number of methoxy groups -OCH3 is 1. The highest BCUT2D eigenvalue weighted by Gasteiger charge is 2.23. The molecule has 0 heterocycles. The van der Waals surface area contributed by atoms with Crippen LogP contribution in [0.2, 0.25) is 5.02 Å². The van der Waals surface area contributed by atoms with Crippen molar-refractivity contribution in [2.75, 3.05) is 29.5 Å². The summed E-state index contributed by atoms with van der Waals surface area (Å²) in [5.41, 5.74) is 0.567. The number of para-hydroxylation sites is 2. The van der Waals surface area contributed by atoms with Crippen LogP contribution in [0.15, 0.2) is 48.5 Å². The van der Waals surface area contributed by atoms with Crippen molar-refractivity contribution in [3.63, 3.8) is 0 Å². The SMILES string of the molecule is COC(=O)c1ccccc1NC(=O)CN(c1ccccc1Cl)S(C)(=O)=O. The number of carbonyl (C=O) groups is 2. The van der Waals surface area contributed by atoms with Crippen LogP contribution in [0.5, 0.6) is 0 Å². The maximum absolute atomic E-state index is 12.4. The van der Waals surface area contributed by atoms with Crippen LogP contribution in [-0.2, 0) is 19.6 Å². The molecular weight excluding hydrogens is 380 g/mol. The highest BCUT2D eigenvalue weighted by molar-refractivity contribution is 7.92. The minimum Gasteiger partial charge on any atom is -0.465 e. The van der Waals surface area contributed by atoms with Gasteiger partial charge in [0.1, 0.15) is 6.54 Å². The fourth-order valence-electron chi connectivity index (χ4n) is 2.24. The monoisotopic (exact) mass is 396 g/mol. The van der Waals surface area contributed by atoms with Crippen molar-refractivity contribution in [2.45, 2.75) is 0 Å². The van der Waals surface area contributed by atoms with Crippen molar-refractivity contribution in [1.82, 2.24) is 0 Å². The Hall–Kier alpha value is -2.58. The van der Waals surface area contributed by atoms with Gasteiger partial charge in [-0.2, -0.15) is 0 Å². The number of nitrogens with zero attached hydrogens (tertiary/aromatic N) is 1. The smallest absolute Gasteiger partial charge is 0.339 e. The molecule has 2 aromatic rings. The van der Waals surface area contributed by atoms with E-state index >= 15 is 0 Å². The van der Waals surface area contributed by atoms with Gasteiger partial charge in [-0.15, -0.1) is 0 Å². The lowest BCUT2D eigenvalue weighted by atomic mass is 10.2. The van der Waals surface area contributed by atoms with Crippen molar-refractivity contribution in [1.29, 1.82) is 0 Å². The Balaban J connectivity index is 2.28. The van der Waals surface area contributed by atoms with Crippen molar-refractivity contribution in [2.24, 2.45) is 0 Å². The topological polar surface area (TPSA) is 92.8 Å². The number of benzene rings is 2. The molecule has 0 aliphatic heterocycles. The van der Waals surface area contributed by atoms with E-state index in [-0.39, 0.29) is 22.0 Å². The molecule has 0 aromatic heterocycles. The van der Waals surface area contributed by atoms with Gasteiger partial charge in [0.25, 0.3) is 0 Å². The molecule has 0 saturated carbocycles. The van der Waals surface area contributed by atoms with E-state index in [2.05, 4.69) is 10.1 Å². The Bertz CT molecular complexity index is 930. The first-order valence-electron chi connectivity index (χ1n) is 7.43. The van der Waals surface area contributed by atoms with Crippen molar-refractivity contribution in [3.05, 3.63) is 59.1 Å². The molecule has 138 valence electrons. The van der Waals surface area contributed by atoms with Crippen LogP contribution in [0.4, 0.5) is 11.4 Å². The quantitative estimate of drug-likeness (QED) is 0.757. The number of hydrogen-bond donors (Lipinski definition) is 1. The first-order chi connectivity index (χ1) is 12.2. The van der Waals surface area contributed by atoms with Gasteiger partial charge in [0, 0.05) is 0 Å². The Morgan fingerprint density at radius 3 is 2.35 bits per heavy atom. The van der Waals surface area contributed by atoms with Crippen LogP contribution in [-0.4, -0.2) is 40.2 Å². The summed E-state index contributed by atoms with van der Waals surface area (Å²) in [7, 11) is -2.54. The second-order valence-corrected chi connectivity index (χ2v) is 7.62. The molecule has 9 heteroatoms. The summed E-state index contributed by atoms with van der Waals surface area (Å²) < 4.78 is 29.8. The van der Waals surface area contributed by atoms with Gasteiger partial charge >= 0.3 is 5.97 Å². The lowest BCUT2D eigenvalue weighted by Gasteiger charge is -2.23. The third-order valence-corrected chi connectivity index (χ3v) is 4.86. The fraction of sp³-hybridized carbons (Fsp3) is 0.176. The number of rotatable bonds is 6. The number of ether oxygens (including phenoxy) is 1. The molecule has 0 unspecified atom stereocenters. The Morgan fingerprint density at radius 1 is 1.12 bits per heavy atom. The summed E-state index contributed by atoms with van der Waals surface area (Å²) in [6, 6.07) is 12.6. The standard InChI is InChI=1S/C17H17ClN2O5S/c1-25-17(22)12-7-3-5-9-14(12)19-16(21)11-20(26(2,23)24)15-10-6-4-8-13(15)18/h3-10H,11H2,1-2H3,(H,19,21). The summed E-state index contributed by atoms with van der Waals surface area (Å²) in [5, 5.41) is 2.72. The van der Waals surface area contributed by atoms with Gasteiger partial charge in [-0.3, -0.25) is 9.10 Å². The van der Waals surface area contributed by atoms with Crippen LogP contribution < -0.4 is 9.62 Å². The highest BCUT2D eigenvalue weighted by Crippen LogP contribution is 2.27. The Labute approximate surface area is 156 Å². The number of anilines is 2. The molecule has 0 aliphatic rings. The molecule has 1 amide bonds. The number of hydrogen-bond acceptors (Lipinski definition) is 5. The summed E-state index contributed by atoms with van der Waals surface area (Å²) >= 11 is 6.06. The molecule has 26 heavy (non-hydrogen) atoms. The number of nitrogens with one attached hydrogen (secondary N) is 1. The number of halogens is 1. The van der Waals surface area contributed by atoms with Gasteiger partial charge in [0.05, 0.1) is 35.3 Å². The number of esters is 1. The van der Waals surface area contributed by atoms with Gasteiger partial charge in [0.2, 0.25) is 15.9 Å².